The van der Waals surface area contributed by atoms with Crippen molar-refractivity contribution >= 4 is 6.09 Å². The average molecular weight is 343 g/mol. The van der Waals surface area contributed by atoms with Gasteiger partial charge in [0, 0.05) is 24.9 Å². The van der Waals surface area contributed by atoms with Gasteiger partial charge in [-0.2, -0.15) is 0 Å². The van der Waals surface area contributed by atoms with Crippen molar-refractivity contribution in [1.82, 2.24) is 5.32 Å². The number of alkyl carbamates (subject to hydrolysis) is 1. The van der Waals surface area contributed by atoms with Gasteiger partial charge in [0.05, 0.1) is 0 Å². The molecule has 0 unspecified atom stereocenters. The Kier molecular flexibility index (Phi) is 3.93. The number of alkyl halides is 2. The third kappa shape index (κ3) is 3.98. The molecule has 1 aliphatic heterocycles. The molecule has 0 aromatic heterocycles. The quantitative estimate of drug-likeness (QED) is 0.911. The lowest BCUT2D eigenvalue weighted by Gasteiger charge is -2.36. The summed E-state index contributed by atoms with van der Waals surface area (Å²) in [5.41, 5.74) is -0.543. The first-order chi connectivity index (χ1) is 11.1. The highest BCUT2D eigenvalue weighted by Crippen LogP contribution is 2.43. The number of nitrogens with one attached hydrogen (secondary N) is 1. The average Bonchev–Trinajstić information content (AvgIpc) is 2.67. The Labute approximate surface area is 138 Å². The van der Waals surface area contributed by atoms with Gasteiger partial charge in [0.25, 0.3) is 0 Å². The van der Waals surface area contributed by atoms with Gasteiger partial charge in [0.1, 0.15) is 17.5 Å². The number of amides is 1. The van der Waals surface area contributed by atoms with Crippen LogP contribution in [-0.4, -0.2) is 30.1 Å². The number of benzene rings is 1. The van der Waals surface area contributed by atoms with Gasteiger partial charge in [0.15, 0.2) is 11.5 Å². The molecule has 1 heterocycles. The van der Waals surface area contributed by atoms with Crippen LogP contribution in [0.4, 0.5) is 13.6 Å². The molecule has 0 atom stereocenters. The second-order valence-corrected chi connectivity index (χ2v) is 6.83. The highest BCUT2D eigenvalue weighted by Gasteiger charge is 2.43. The first-order valence-electron chi connectivity index (χ1n) is 7.66. The van der Waals surface area contributed by atoms with Crippen LogP contribution >= 0.6 is 0 Å². The molecule has 2 aliphatic rings. The number of fused-ring (bicyclic) bond motifs is 1. The Bertz CT molecular complexity index is 638. The largest absolute Gasteiger partial charge is 0.586 e. The summed E-state index contributed by atoms with van der Waals surface area (Å²) in [6.45, 7) is 5.38. The zero-order valence-corrected chi connectivity index (χ0v) is 13.6. The van der Waals surface area contributed by atoms with Crippen molar-refractivity contribution in [2.45, 2.75) is 57.7 Å². The van der Waals surface area contributed by atoms with Crippen LogP contribution in [0.2, 0.25) is 0 Å². The first kappa shape index (κ1) is 16.6. The van der Waals surface area contributed by atoms with Gasteiger partial charge in [-0.25, -0.2) is 4.79 Å². The highest BCUT2D eigenvalue weighted by atomic mass is 19.3. The van der Waals surface area contributed by atoms with Crippen LogP contribution in [0.3, 0.4) is 0 Å². The molecule has 1 amide bonds. The minimum absolute atomic E-state index is 0.0228. The van der Waals surface area contributed by atoms with E-state index in [1.54, 1.807) is 20.8 Å². The fourth-order valence-corrected chi connectivity index (χ4v) is 2.45. The van der Waals surface area contributed by atoms with E-state index in [-0.39, 0.29) is 23.6 Å². The third-order valence-electron chi connectivity index (χ3n) is 3.49. The van der Waals surface area contributed by atoms with Gasteiger partial charge in [-0.15, -0.1) is 8.78 Å². The van der Waals surface area contributed by atoms with E-state index in [9.17, 15) is 13.6 Å². The maximum Gasteiger partial charge on any atom is 0.586 e. The molecule has 3 rings (SSSR count). The summed E-state index contributed by atoms with van der Waals surface area (Å²) in [7, 11) is 0. The normalized spacial score (nSPS) is 24.0. The minimum Gasteiger partial charge on any atom is -0.490 e. The Balaban J connectivity index is 1.46. The molecule has 24 heavy (non-hydrogen) atoms. The molecule has 1 fully saturated rings. The van der Waals surface area contributed by atoms with Gasteiger partial charge in [-0.05, 0) is 32.9 Å². The summed E-state index contributed by atoms with van der Waals surface area (Å²) in [5, 5.41) is 2.76. The zero-order chi connectivity index (χ0) is 17.5. The SMILES string of the molecule is CC(C)(C)OC(=O)NC1CC(Oc2ccc3c(c2)OC(F)(F)O3)C1. The van der Waals surface area contributed by atoms with Crippen molar-refractivity contribution in [3.05, 3.63) is 18.2 Å². The van der Waals surface area contributed by atoms with Crippen molar-refractivity contribution in [3.8, 4) is 17.2 Å². The number of carbonyl (C=O) groups is 1. The van der Waals surface area contributed by atoms with Gasteiger partial charge in [-0.3, -0.25) is 0 Å². The Morgan fingerprint density at radius 3 is 2.58 bits per heavy atom. The van der Waals surface area contributed by atoms with Gasteiger partial charge >= 0.3 is 12.4 Å². The lowest BCUT2D eigenvalue weighted by Crippen LogP contribution is -2.50. The molecule has 0 saturated heterocycles. The van der Waals surface area contributed by atoms with E-state index >= 15 is 0 Å². The van der Waals surface area contributed by atoms with Crippen LogP contribution in [-0.2, 0) is 4.74 Å². The summed E-state index contributed by atoms with van der Waals surface area (Å²) in [6.07, 6.45) is -2.98. The summed E-state index contributed by atoms with van der Waals surface area (Å²) in [4.78, 5) is 11.6. The number of hydrogen-bond acceptors (Lipinski definition) is 5. The fourth-order valence-electron chi connectivity index (χ4n) is 2.45. The van der Waals surface area contributed by atoms with E-state index in [0.717, 1.165) is 0 Å². The summed E-state index contributed by atoms with van der Waals surface area (Å²) >= 11 is 0. The van der Waals surface area contributed by atoms with Crippen molar-refractivity contribution in [2.24, 2.45) is 0 Å². The molecule has 0 bridgehead atoms. The summed E-state index contributed by atoms with van der Waals surface area (Å²) in [5.74, 6) is 0.335. The second-order valence-electron chi connectivity index (χ2n) is 6.83. The maximum absolute atomic E-state index is 13.0. The highest BCUT2D eigenvalue weighted by molar-refractivity contribution is 5.68. The second kappa shape index (κ2) is 5.68. The minimum atomic E-state index is -3.64. The number of hydrogen-bond donors (Lipinski definition) is 1. The smallest absolute Gasteiger partial charge is 0.490 e. The zero-order valence-electron chi connectivity index (χ0n) is 13.6. The van der Waals surface area contributed by atoms with Crippen LogP contribution in [0.1, 0.15) is 33.6 Å². The van der Waals surface area contributed by atoms with E-state index in [0.29, 0.717) is 18.6 Å². The lowest BCUT2D eigenvalue weighted by atomic mass is 9.89. The van der Waals surface area contributed by atoms with Gasteiger partial charge in [-0.1, -0.05) is 0 Å². The Morgan fingerprint density at radius 1 is 1.25 bits per heavy atom. The van der Waals surface area contributed by atoms with Crippen LogP contribution in [0.15, 0.2) is 18.2 Å². The molecule has 1 aliphatic carbocycles. The standard InChI is InChI=1S/C16H19F2NO5/c1-15(2,3)24-14(20)19-9-6-11(7-9)21-10-4-5-12-13(8-10)23-16(17,18)22-12/h4-5,8-9,11H,6-7H2,1-3H3,(H,19,20). The third-order valence-corrected chi connectivity index (χ3v) is 3.49. The van der Waals surface area contributed by atoms with Crippen LogP contribution in [0, 0.1) is 0 Å². The van der Waals surface area contributed by atoms with Crippen LogP contribution < -0.4 is 19.5 Å². The summed E-state index contributed by atoms with van der Waals surface area (Å²) in [6, 6.07) is 4.26. The van der Waals surface area contributed by atoms with E-state index < -0.39 is 18.0 Å². The molecule has 1 saturated carbocycles. The number of rotatable bonds is 3. The fraction of sp³-hybridized carbons (Fsp3) is 0.562. The molecule has 132 valence electrons. The first-order valence-corrected chi connectivity index (χ1v) is 7.66. The lowest BCUT2D eigenvalue weighted by molar-refractivity contribution is -0.286. The molecule has 1 N–H and O–H groups in total. The van der Waals surface area contributed by atoms with Crippen molar-refractivity contribution in [2.75, 3.05) is 0 Å². The molecule has 0 radical (unpaired) electrons. The molecule has 1 aromatic carbocycles. The van der Waals surface area contributed by atoms with E-state index in [1.807, 2.05) is 0 Å². The van der Waals surface area contributed by atoms with Crippen LogP contribution in [0.5, 0.6) is 17.2 Å². The number of ether oxygens (including phenoxy) is 4. The number of halogens is 2. The van der Waals surface area contributed by atoms with E-state index in [4.69, 9.17) is 9.47 Å². The summed E-state index contributed by atoms with van der Waals surface area (Å²) < 4.78 is 45.5. The molecular weight excluding hydrogens is 324 g/mol. The van der Waals surface area contributed by atoms with Crippen molar-refractivity contribution in [1.29, 1.82) is 0 Å². The molecule has 8 heteroatoms. The van der Waals surface area contributed by atoms with Crippen molar-refractivity contribution in [3.63, 3.8) is 0 Å². The predicted molar refractivity (Wildman–Crippen MR) is 79.5 cm³/mol. The topological polar surface area (TPSA) is 66.0 Å². The predicted octanol–water partition coefficient (Wildman–Crippen LogP) is 3.44. The van der Waals surface area contributed by atoms with Crippen LogP contribution in [0.25, 0.3) is 0 Å². The Morgan fingerprint density at radius 2 is 1.92 bits per heavy atom. The molecule has 0 spiro atoms. The molecule has 6 nitrogen and oxygen atoms in total. The molecular formula is C16H19F2NO5. The van der Waals surface area contributed by atoms with E-state index in [2.05, 4.69) is 14.8 Å². The maximum atomic E-state index is 13.0. The monoisotopic (exact) mass is 343 g/mol. The Hall–Kier alpha value is -2.25. The van der Waals surface area contributed by atoms with Crippen molar-refractivity contribution < 1.29 is 32.5 Å². The van der Waals surface area contributed by atoms with Gasteiger partial charge in [0.2, 0.25) is 0 Å². The van der Waals surface area contributed by atoms with Gasteiger partial charge < -0.3 is 24.3 Å². The number of carbonyl (C=O) groups excluding carboxylic acids is 1. The molecule has 1 aromatic rings. The van der Waals surface area contributed by atoms with E-state index in [1.165, 1.54) is 18.2 Å².